The van der Waals surface area contributed by atoms with Gasteiger partial charge < -0.3 is 14.2 Å². The van der Waals surface area contributed by atoms with Gasteiger partial charge in [-0.25, -0.2) is 0 Å². The highest BCUT2D eigenvalue weighted by Crippen LogP contribution is 2.16. The van der Waals surface area contributed by atoms with E-state index in [0.29, 0.717) is 19.3 Å². The topological polar surface area (TPSA) is 78.9 Å². The summed E-state index contributed by atoms with van der Waals surface area (Å²) in [7, 11) is 0. The van der Waals surface area contributed by atoms with Crippen LogP contribution < -0.4 is 0 Å². The monoisotopic (exact) mass is 1010 g/mol. The van der Waals surface area contributed by atoms with Crippen LogP contribution in [-0.2, 0) is 28.6 Å². The van der Waals surface area contributed by atoms with Crippen molar-refractivity contribution in [1.29, 1.82) is 0 Å². The summed E-state index contributed by atoms with van der Waals surface area (Å²) < 4.78 is 16.9. The summed E-state index contributed by atoms with van der Waals surface area (Å²) in [5.41, 5.74) is 0. The summed E-state index contributed by atoms with van der Waals surface area (Å²) in [6.45, 7) is 6.61. The van der Waals surface area contributed by atoms with Gasteiger partial charge in [0.2, 0.25) is 0 Å². The first-order valence-electron chi connectivity index (χ1n) is 31.3. The molecule has 0 aliphatic heterocycles. The van der Waals surface area contributed by atoms with Crippen LogP contribution in [0.25, 0.3) is 0 Å². The van der Waals surface area contributed by atoms with Crippen molar-refractivity contribution in [1.82, 2.24) is 0 Å². The minimum Gasteiger partial charge on any atom is -0.462 e. The first-order valence-corrected chi connectivity index (χ1v) is 31.3. The molecule has 1 unspecified atom stereocenters. The molecular formula is C66H118O6. The second-order valence-electron chi connectivity index (χ2n) is 21.0. The maximum absolute atomic E-state index is 12.9. The molecule has 6 nitrogen and oxygen atoms in total. The second kappa shape index (κ2) is 60.7. The molecule has 0 rings (SSSR count). The SMILES string of the molecule is CCCCC/C=C\C/C=C\CCCCCCCC(=O)OCC(COC(=O)CCCCCCCCCCCCC/C=C\CCCCCCCCCC)OC(=O)CCCCCCC/C=C\C/C=C\CCCCCC. The fourth-order valence-corrected chi connectivity index (χ4v) is 8.97. The lowest BCUT2D eigenvalue weighted by molar-refractivity contribution is -0.167. The average molecular weight is 1010 g/mol. The number of ether oxygens (including phenoxy) is 3. The number of carbonyl (C=O) groups is 3. The van der Waals surface area contributed by atoms with Gasteiger partial charge >= 0.3 is 17.9 Å². The van der Waals surface area contributed by atoms with Gasteiger partial charge in [0.05, 0.1) is 0 Å². The largest absolute Gasteiger partial charge is 0.462 e. The van der Waals surface area contributed by atoms with Crippen molar-refractivity contribution in [2.45, 2.75) is 329 Å². The number of hydrogen-bond donors (Lipinski definition) is 0. The van der Waals surface area contributed by atoms with Crippen molar-refractivity contribution < 1.29 is 28.6 Å². The number of unbranched alkanes of at least 4 members (excludes halogenated alkanes) is 36. The molecule has 418 valence electrons. The predicted octanol–water partition coefficient (Wildman–Crippen LogP) is 21.2. The molecule has 0 aliphatic rings. The number of allylic oxidation sites excluding steroid dienone is 10. The smallest absolute Gasteiger partial charge is 0.306 e. The molecule has 0 spiro atoms. The Morgan fingerprint density at radius 1 is 0.278 bits per heavy atom. The van der Waals surface area contributed by atoms with Crippen molar-refractivity contribution in [2.24, 2.45) is 0 Å². The number of rotatable bonds is 57. The van der Waals surface area contributed by atoms with Gasteiger partial charge in [0.25, 0.3) is 0 Å². The van der Waals surface area contributed by atoms with Crippen LogP contribution in [0.1, 0.15) is 323 Å². The zero-order valence-electron chi connectivity index (χ0n) is 47.9. The highest BCUT2D eigenvalue weighted by molar-refractivity contribution is 5.71. The Kier molecular flexibility index (Phi) is 58.2. The van der Waals surface area contributed by atoms with Crippen LogP contribution in [0.15, 0.2) is 60.8 Å². The lowest BCUT2D eigenvalue weighted by atomic mass is 10.0. The van der Waals surface area contributed by atoms with Gasteiger partial charge in [-0.1, -0.05) is 255 Å². The Balaban J connectivity index is 4.34. The van der Waals surface area contributed by atoms with E-state index in [1.165, 1.54) is 180 Å². The summed E-state index contributed by atoms with van der Waals surface area (Å²) in [6, 6.07) is 0. The highest BCUT2D eigenvalue weighted by Gasteiger charge is 2.19. The van der Waals surface area contributed by atoms with E-state index in [9.17, 15) is 14.4 Å². The summed E-state index contributed by atoms with van der Waals surface area (Å²) in [5, 5.41) is 0. The summed E-state index contributed by atoms with van der Waals surface area (Å²) in [4.78, 5) is 38.3. The molecular weight excluding hydrogens is 889 g/mol. The van der Waals surface area contributed by atoms with Gasteiger partial charge in [-0.3, -0.25) is 14.4 Å². The molecule has 0 aromatic rings. The van der Waals surface area contributed by atoms with Gasteiger partial charge in [-0.15, -0.1) is 0 Å². The Morgan fingerprint density at radius 3 is 0.819 bits per heavy atom. The fraction of sp³-hybridized carbons (Fsp3) is 0.803. The van der Waals surface area contributed by atoms with Crippen LogP contribution in [0.5, 0.6) is 0 Å². The van der Waals surface area contributed by atoms with Crippen LogP contribution in [0, 0.1) is 0 Å². The number of hydrogen-bond acceptors (Lipinski definition) is 6. The molecule has 0 bridgehead atoms. The summed E-state index contributed by atoms with van der Waals surface area (Å²) in [6.07, 6.45) is 76.5. The fourth-order valence-electron chi connectivity index (χ4n) is 8.97. The third-order valence-electron chi connectivity index (χ3n) is 13.7. The van der Waals surface area contributed by atoms with Gasteiger partial charge in [-0.05, 0) is 109 Å². The third kappa shape index (κ3) is 58.0. The molecule has 0 radical (unpaired) electrons. The Bertz CT molecular complexity index is 1290. The van der Waals surface area contributed by atoms with Gasteiger partial charge in [-0.2, -0.15) is 0 Å². The van der Waals surface area contributed by atoms with Crippen LogP contribution in [0.3, 0.4) is 0 Å². The van der Waals surface area contributed by atoms with E-state index in [-0.39, 0.29) is 31.1 Å². The van der Waals surface area contributed by atoms with Crippen LogP contribution in [-0.4, -0.2) is 37.2 Å². The van der Waals surface area contributed by atoms with E-state index >= 15 is 0 Å². The van der Waals surface area contributed by atoms with Gasteiger partial charge in [0.15, 0.2) is 6.10 Å². The molecule has 0 N–H and O–H groups in total. The van der Waals surface area contributed by atoms with Crippen molar-refractivity contribution >= 4 is 17.9 Å². The molecule has 0 aromatic carbocycles. The van der Waals surface area contributed by atoms with Crippen molar-refractivity contribution in [2.75, 3.05) is 13.2 Å². The number of carbonyl (C=O) groups excluding carboxylic acids is 3. The van der Waals surface area contributed by atoms with E-state index < -0.39 is 6.10 Å². The quantitative estimate of drug-likeness (QED) is 0.0261. The minimum absolute atomic E-state index is 0.0835. The Labute approximate surface area is 447 Å². The first-order chi connectivity index (χ1) is 35.5. The van der Waals surface area contributed by atoms with Crippen LogP contribution in [0.4, 0.5) is 0 Å². The molecule has 0 amide bonds. The molecule has 72 heavy (non-hydrogen) atoms. The Morgan fingerprint density at radius 2 is 0.500 bits per heavy atom. The molecule has 0 saturated carbocycles. The summed E-state index contributed by atoms with van der Waals surface area (Å²) >= 11 is 0. The van der Waals surface area contributed by atoms with Crippen molar-refractivity contribution in [3.05, 3.63) is 60.8 Å². The minimum atomic E-state index is -0.788. The zero-order chi connectivity index (χ0) is 52.2. The maximum atomic E-state index is 12.9. The molecule has 0 saturated heterocycles. The highest BCUT2D eigenvalue weighted by atomic mass is 16.6. The van der Waals surface area contributed by atoms with E-state index in [0.717, 1.165) is 103 Å². The molecule has 0 fully saturated rings. The molecule has 0 aromatic heterocycles. The predicted molar refractivity (Wildman–Crippen MR) is 312 cm³/mol. The normalized spacial score (nSPS) is 12.4. The van der Waals surface area contributed by atoms with Crippen molar-refractivity contribution in [3.8, 4) is 0 Å². The Hall–Kier alpha value is -2.89. The van der Waals surface area contributed by atoms with Crippen LogP contribution in [0.2, 0.25) is 0 Å². The number of esters is 3. The molecule has 0 heterocycles. The van der Waals surface area contributed by atoms with E-state index in [1.54, 1.807) is 0 Å². The molecule has 6 heteroatoms. The maximum Gasteiger partial charge on any atom is 0.306 e. The molecule has 0 aliphatic carbocycles. The summed E-state index contributed by atoms with van der Waals surface area (Å²) in [5.74, 6) is -0.898. The van der Waals surface area contributed by atoms with E-state index in [2.05, 4.69) is 81.5 Å². The van der Waals surface area contributed by atoms with Crippen molar-refractivity contribution in [3.63, 3.8) is 0 Å². The van der Waals surface area contributed by atoms with Crippen LogP contribution >= 0.6 is 0 Å². The lowest BCUT2D eigenvalue weighted by Crippen LogP contribution is -2.30. The second-order valence-corrected chi connectivity index (χ2v) is 21.0. The first kappa shape index (κ1) is 69.1. The van der Waals surface area contributed by atoms with Gasteiger partial charge in [0.1, 0.15) is 13.2 Å². The standard InChI is InChI=1S/C66H118O6/c1-4-7-10-13-16-19-22-25-28-30-31-32-33-34-35-36-39-41-44-47-50-53-56-59-65(68)71-62-63(61-70-64(67)58-55-52-49-46-43-40-37-27-24-21-18-15-12-9-6-3)72-66(69)60-57-54-51-48-45-42-38-29-26-23-20-17-14-11-8-5-2/h18,20-21,23,27,29-31,37-38,63H,4-17,19,22,24-26,28,32-36,39-62H2,1-3H3/b21-18-,23-20-,31-30-,37-27-,38-29-. The third-order valence-corrected chi connectivity index (χ3v) is 13.7. The average Bonchev–Trinajstić information content (AvgIpc) is 3.38. The lowest BCUT2D eigenvalue weighted by Gasteiger charge is -2.18. The molecule has 1 atom stereocenters. The van der Waals surface area contributed by atoms with Gasteiger partial charge in [0, 0.05) is 19.3 Å². The van der Waals surface area contributed by atoms with E-state index in [1.807, 2.05) is 0 Å². The zero-order valence-corrected chi connectivity index (χ0v) is 47.9. The van der Waals surface area contributed by atoms with E-state index in [4.69, 9.17) is 14.2 Å².